The van der Waals surface area contributed by atoms with Crippen LogP contribution in [0.4, 0.5) is 0 Å². The molecule has 17 heavy (non-hydrogen) atoms. The summed E-state index contributed by atoms with van der Waals surface area (Å²) in [6, 6.07) is 0. The normalized spacial score (nSPS) is 24.8. The number of hydrogen-bond donors (Lipinski definition) is 1. The maximum absolute atomic E-state index is 9.82. The Kier molecular flexibility index (Phi) is 3.84. The second-order valence-electron chi connectivity index (χ2n) is 5.26. The molecule has 1 aliphatic carbocycles. The summed E-state index contributed by atoms with van der Waals surface area (Å²) >= 11 is 0. The highest BCUT2D eigenvalue weighted by molar-refractivity contribution is 5.20. The molecule has 1 aromatic heterocycles. The van der Waals surface area contributed by atoms with Gasteiger partial charge in [-0.2, -0.15) is 0 Å². The van der Waals surface area contributed by atoms with E-state index in [1.54, 1.807) is 0 Å². The minimum atomic E-state index is -0.109. The van der Waals surface area contributed by atoms with Crippen LogP contribution >= 0.6 is 0 Å². The largest absolute Gasteiger partial charge is 0.393 e. The second kappa shape index (κ2) is 5.19. The number of aromatic nitrogens is 1. The van der Waals surface area contributed by atoms with Crippen molar-refractivity contribution in [2.45, 2.75) is 45.8 Å². The van der Waals surface area contributed by atoms with Gasteiger partial charge in [-0.15, -0.1) is 0 Å². The quantitative estimate of drug-likeness (QED) is 0.870. The predicted octanol–water partition coefficient (Wildman–Crippen LogP) is 1.88. The van der Waals surface area contributed by atoms with Crippen molar-refractivity contribution >= 4 is 0 Å². The molecule has 0 aliphatic heterocycles. The third kappa shape index (κ3) is 2.87. The van der Waals surface area contributed by atoms with E-state index in [0.29, 0.717) is 5.92 Å². The molecule has 4 heteroatoms. The zero-order valence-corrected chi connectivity index (χ0v) is 10.9. The van der Waals surface area contributed by atoms with Crippen molar-refractivity contribution in [1.82, 2.24) is 10.1 Å². The molecule has 1 N–H and O–H groups in total. The molecule has 4 nitrogen and oxygen atoms in total. The highest BCUT2D eigenvalue weighted by Crippen LogP contribution is 2.26. The van der Waals surface area contributed by atoms with E-state index in [1.165, 1.54) is 5.56 Å². The van der Waals surface area contributed by atoms with Gasteiger partial charge in [0.1, 0.15) is 5.76 Å². The van der Waals surface area contributed by atoms with E-state index in [2.05, 4.69) is 17.1 Å². The van der Waals surface area contributed by atoms with Gasteiger partial charge in [0.2, 0.25) is 0 Å². The molecule has 0 bridgehead atoms. The van der Waals surface area contributed by atoms with E-state index < -0.39 is 0 Å². The maximum atomic E-state index is 9.82. The molecule has 1 saturated carbocycles. The third-order valence-electron chi connectivity index (χ3n) is 3.77. The Labute approximate surface area is 103 Å². The topological polar surface area (TPSA) is 49.5 Å². The van der Waals surface area contributed by atoms with Crippen LogP contribution in [0.25, 0.3) is 0 Å². The molecule has 1 aromatic rings. The Hall–Kier alpha value is -0.870. The van der Waals surface area contributed by atoms with E-state index in [4.69, 9.17) is 4.52 Å². The number of aliphatic hydroxyl groups excluding tert-OH is 1. The van der Waals surface area contributed by atoms with E-state index in [0.717, 1.165) is 43.8 Å². The van der Waals surface area contributed by atoms with E-state index in [-0.39, 0.29) is 6.10 Å². The molecule has 0 saturated heterocycles. The van der Waals surface area contributed by atoms with Crippen LogP contribution in [0.1, 0.15) is 36.3 Å². The van der Waals surface area contributed by atoms with Gasteiger partial charge in [-0.05, 0) is 39.7 Å². The van der Waals surface area contributed by atoms with Crippen molar-refractivity contribution in [2.75, 3.05) is 13.6 Å². The first kappa shape index (κ1) is 12.6. The van der Waals surface area contributed by atoms with E-state index >= 15 is 0 Å². The summed E-state index contributed by atoms with van der Waals surface area (Å²) in [7, 11) is 2.09. The second-order valence-corrected chi connectivity index (χ2v) is 5.26. The summed E-state index contributed by atoms with van der Waals surface area (Å²) < 4.78 is 5.16. The summed E-state index contributed by atoms with van der Waals surface area (Å²) in [6.07, 6.45) is 3.16. The third-order valence-corrected chi connectivity index (χ3v) is 3.77. The van der Waals surface area contributed by atoms with Crippen LogP contribution in [0.2, 0.25) is 0 Å². The van der Waals surface area contributed by atoms with Gasteiger partial charge in [-0.25, -0.2) is 0 Å². The molecule has 1 heterocycles. The molecule has 96 valence electrons. The fraction of sp³-hybridized carbons (Fsp3) is 0.769. The summed E-state index contributed by atoms with van der Waals surface area (Å²) in [5, 5.41) is 13.8. The highest BCUT2D eigenvalue weighted by Gasteiger charge is 2.26. The number of nitrogens with zero attached hydrogens (tertiary/aromatic N) is 2. The Bertz CT molecular complexity index is 356. The monoisotopic (exact) mass is 238 g/mol. The molecule has 2 rings (SSSR count). The van der Waals surface area contributed by atoms with Gasteiger partial charge in [0.15, 0.2) is 0 Å². The molecule has 0 radical (unpaired) electrons. The van der Waals surface area contributed by atoms with Gasteiger partial charge >= 0.3 is 0 Å². The van der Waals surface area contributed by atoms with Crippen molar-refractivity contribution in [3.63, 3.8) is 0 Å². The lowest BCUT2D eigenvalue weighted by Gasteiger charge is -2.22. The van der Waals surface area contributed by atoms with Gasteiger partial charge in [0.25, 0.3) is 0 Å². The van der Waals surface area contributed by atoms with E-state index in [1.807, 2.05) is 13.8 Å². The van der Waals surface area contributed by atoms with Crippen molar-refractivity contribution in [1.29, 1.82) is 0 Å². The summed E-state index contributed by atoms with van der Waals surface area (Å²) in [5.41, 5.74) is 2.15. The summed E-state index contributed by atoms with van der Waals surface area (Å²) in [5.74, 6) is 1.33. The summed E-state index contributed by atoms with van der Waals surface area (Å²) in [4.78, 5) is 2.26. The fourth-order valence-corrected chi connectivity index (χ4v) is 2.69. The zero-order chi connectivity index (χ0) is 12.4. The number of aliphatic hydroxyl groups is 1. The SMILES string of the molecule is Cc1noc(C)c1CN(C)CC1CCCC1O. The van der Waals surface area contributed by atoms with Crippen molar-refractivity contribution < 1.29 is 9.63 Å². The standard InChI is InChI=1S/C13H22N2O2/c1-9-12(10(2)17-14-9)8-15(3)7-11-5-4-6-13(11)16/h11,13,16H,4-8H2,1-3H3. The first-order valence-electron chi connectivity index (χ1n) is 6.36. The molecule has 2 atom stereocenters. The van der Waals surface area contributed by atoms with Crippen LogP contribution in [0, 0.1) is 19.8 Å². The lowest BCUT2D eigenvalue weighted by Crippen LogP contribution is -2.29. The van der Waals surface area contributed by atoms with Gasteiger partial charge in [-0.1, -0.05) is 11.6 Å². The molecule has 0 spiro atoms. The van der Waals surface area contributed by atoms with Crippen molar-refractivity contribution in [2.24, 2.45) is 5.92 Å². The average molecular weight is 238 g/mol. The highest BCUT2D eigenvalue weighted by atomic mass is 16.5. The molecule has 1 fully saturated rings. The Morgan fingerprint density at radius 1 is 1.41 bits per heavy atom. The molecular formula is C13H22N2O2. The van der Waals surface area contributed by atoms with Crippen LogP contribution in [0.3, 0.4) is 0 Å². The van der Waals surface area contributed by atoms with E-state index in [9.17, 15) is 5.11 Å². The predicted molar refractivity (Wildman–Crippen MR) is 65.7 cm³/mol. The zero-order valence-electron chi connectivity index (χ0n) is 10.9. The lowest BCUT2D eigenvalue weighted by atomic mass is 10.1. The van der Waals surface area contributed by atoms with Crippen LogP contribution in [0.5, 0.6) is 0 Å². The van der Waals surface area contributed by atoms with Crippen LogP contribution in [-0.4, -0.2) is 34.9 Å². The first-order chi connectivity index (χ1) is 8.08. The number of rotatable bonds is 4. The van der Waals surface area contributed by atoms with Gasteiger partial charge in [0.05, 0.1) is 11.8 Å². The Balaban J connectivity index is 1.91. The van der Waals surface area contributed by atoms with Gasteiger partial charge in [0, 0.05) is 18.7 Å². The molecular weight excluding hydrogens is 216 g/mol. The molecule has 0 amide bonds. The lowest BCUT2D eigenvalue weighted by molar-refractivity contribution is 0.107. The Morgan fingerprint density at radius 2 is 2.18 bits per heavy atom. The number of aryl methyl sites for hydroxylation is 2. The molecule has 2 unspecified atom stereocenters. The van der Waals surface area contributed by atoms with Crippen LogP contribution in [-0.2, 0) is 6.54 Å². The van der Waals surface area contributed by atoms with Gasteiger partial charge < -0.3 is 14.5 Å². The van der Waals surface area contributed by atoms with Gasteiger partial charge in [-0.3, -0.25) is 0 Å². The minimum absolute atomic E-state index is 0.109. The van der Waals surface area contributed by atoms with Crippen LogP contribution in [0.15, 0.2) is 4.52 Å². The first-order valence-corrected chi connectivity index (χ1v) is 6.36. The van der Waals surface area contributed by atoms with Crippen molar-refractivity contribution in [3.05, 3.63) is 17.0 Å². The summed E-state index contributed by atoms with van der Waals surface area (Å²) in [6.45, 7) is 5.73. The fourth-order valence-electron chi connectivity index (χ4n) is 2.69. The Morgan fingerprint density at radius 3 is 2.71 bits per heavy atom. The smallest absolute Gasteiger partial charge is 0.138 e. The minimum Gasteiger partial charge on any atom is -0.393 e. The molecule has 0 aromatic carbocycles. The van der Waals surface area contributed by atoms with Crippen molar-refractivity contribution in [3.8, 4) is 0 Å². The van der Waals surface area contributed by atoms with Crippen LogP contribution < -0.4 is 0 Å². The molecule has 1 aliphatic rings. The average Bonchev–Trinajstić information content (AvgIpc) is 2.80. The number of hydrogen-bond acceptors (Lipinski definition) is 4. The maximum Gasteiger partial charge on any atom is 0.138 e.